The van der Waals surface area contributed by atoms with E-state index in [0.29, 0.717) is 0 Å². The predicted molar refractivity (Wildman–Crippen MR) is 62.5 cm³/mol. The molecule has 0 fully saturated rings. The fourth-order valence-corrected chi connectivity index (χ4v) is 1.84. The van der Waals surface area contributed by atoms with E-state index in [0.717, 1.165) is 28.6 Å². The van der Waals surface area contributed by atoms with Crippen LogP contribution >= 0.6 is 15.9 Å². The summed E-state index contributed by atoms with van der Waals surface area (Å²) in [7, 11) is 1.67. The Morgan fingerprint density at radius 3 is 2.79 bits per heavy atom. The summed E-state index contributed by atoms with van der Waals surface area (Å²) < 4.78 is 6.31. The SMILES string of the molecule is CCCC(N)c1cc(Br)ccc1OC. The lowest BCUT2D eigenvalue weighted by molar-refractivity contribution is 0.404. The summed E-state index contributed by atoms with van der Waals surface area (Å²) in [6.07, 6.45) is 2.06. The quantitative estimate of drug-likeness (QED) is 0.899. The maximum atomic E-state index is 6.05. The van der Waals surface area contributed by atoms with E-state index in [1.54, 1.807) is 7.11 Å². The first-order chi connectivity index (χ1) is 6.69. The molecule has 0 aliphatic carbocycles. The molecule has 2 N–H and O–H groups in total. The molecular formula is C11H16BrNO. The highest BCUT2D eigenvalue weighted by atomic mass is 79.9. The van der Waals surface area contributed by atoms with E-state index < -0.39 is 0 Å². The number of nitrogens with two attached hydrogens (primary N) is 1. The summed E-state index contributed by atoms with van der Waals surface area (Å²) in [5.74, 6) is 0.870. The summed E-state index contributed by atoms with van der Waals surface area (Å²) in [5, 5.41) is 0. The van der Waals surface area contributed by atoms with E-state index in [2.05, 4.69) is 22.9 Å². The normalized spacial score (nSPS) is 12.6. The Morgan fingerprint density at radius 1 is 1.50 bits per heavy atom. The molecule has 14 heavy (non-hydrogen) atoms. The maximum Gasteiger partial charge on any atom is 0.123 e. The molecule has 0 spiro atoms. The van der Waals surface area contributed by atoms with Gasteiger partial charge in [-0.15, -0.1) is 0 Å². The lowest BCUT2D eigenvalue weighted by atomic mass is 10.0. The molecule has 0 heterocycles. The van der Waals surface area contributed by atoms with Crippen LogP contribution in [0, 0.1) is 0 Å². The Kier molecular flexibility index (Phi) is 4.42. The summed E-state index contributed by atoms with van der Waals surface area (Å²) in [6, 6.07) is 5.99. The molecule has 0 aromatic heterocycles. The van der Waals surface area contributed by atoms with Crippen molar-refractivity contribution < 1.29 is 4.74 Å². The third kappa shape index (κ3) is 2.72. The molecule has 1 aromatic rings. The van der Waals surface area contributed by atoms with Crippen LogP contribution in [0.1, 0.15) is 31.4 Å². The van der Waals surface area contributed by atoms with Crippen molar-refractivity contribution in [2.45, 2.75) is 25.8 Å². The third-order valence-electron chi connectivity index (χ3n) is 2.19. The second-order valence-corrected chi connectivity index (χ2v) is 4.20. The fourth-order valence-electron chi connectivity index (χ4n) is 1.46. The topological polar surface area (TPSA) is 35.2 Å². The zero-order chi connectivity index (χ0) is 10.6. The zero-order valence-corrected chi connectivity index (χ0v) is 10.2. The molecule has 1 unspecified atom stereocenters. The zero-order valence-electron chi connectivity index (χ0n) is 8.59. The molecule has 2 nitrogen and oxygen atoms in total. The van der Waals surface area contributed by atoms with Crippen molar-refractivity contribution >= 4 is 15.9 Å². The minimum Gasteiger partial charge on any atom is -0.496 e. The van der Waals surface area contributed by atoms with Gasteiger partial charge in [-0.25, -0.2) is 0 Å². The fraction of sp³-hybridized carbons (Fsp3) is 0.455. The van der Waals surface area contributed by atoms with Crippen LogP contribution < -0.4 is 10.5 Å². The van der Waals surface area contributed by atoms with Gasteiger partial charge in [0.15, 0.2) is 0 Å². The number of halogens is 1. The highest BCUT2D eigenvalue weighted by Crippen LogP contribution is 2.29. The van der Waals surface area contributed by atoms with E-state index in [9.17, 15) is 0 Å². The minimum atomic E-state index is 0.0625. The molecule has 0 aliphatic rings. The molecule has 0 radical (unpaired) electrons. The number of benzene rings is 1. The average molecular weight is 258 g/mol. The van der Waals surface area contributed by atoms with Gasteiger partial charge in [0.05, 0.1) is 7.11 Å². The van der Waals surface area contributed by atoms with Crippen LogP contribution in [0.3, 0.4) is 0 Å². The predicted octanol–water partition coefficient (Wildman–Crippen LogP) is 3.26. The molecule has 3 heteroatoms. The summed E-state index contributed by atoms with van der Waals surface area (Å²) >= 11 is 3.43. The number of hydrogen-bond donors (Lipinski definition) is 1. The molecular weight excluding hydrogens is 242 g/mol. The van der Waals surface area contributed by atoms with Crippen LogP contribution in [0.4, 0.5) is 0 Å². The van der Waals surface area contributed by atoms with Gasteiger partial charge in [0.2, 0.25) is 0 Å². The molecule has 0 saturated heterocycles. The molecule has 0 bridgehead atoms. The average Bonchev–Trinajstić information content (AvgIpc) is 2.18. The Hall–Kier alpha value is -0.540. The highest BCUT2D eigenvalue weighted by Gasteiger charge is 2.11. The standard InChI is InChI=1S/C11H16BrNO/c1-3-4-10(13)9-7-8(12)5-6-11(9)14-2/h5-7,10H,3-4,13H2,1-2H3. The van der Waals surface area contributed by atoms with Gasteiger partial charge < -0.3 is 10.5 Å². The van der Waals surface area contributed by atoms with E-state index in [1.165, 1.54) is 0 Å². The highest BCUT2D eigenvalue weighted by molar-refractivity contribution is 9.10. The van der Waals surface area contributed by atoms with Gasteiger partial charge in [0.25, 0.3) is 0 Å². The first-order valence-corrected chi connectivity index (χ1v) is 5.57. The first kappa shape index (κ1) is 11.5. The van der Waals surface area contributed by atoms with Crippen molar-refractivity contribution in [2.24, 2.45) is 5.73 Å². The van der Waals surface area contributed by atoms with Gasteiger partial charge in [-0.05, 0) is 24.6 Å². The number of rotatable bonds is 4. The van der Waals surface area contributed by atoms with E-state index in [4.69, 9.17) is 10.5 Å². The van der Waals surface area contributed by atoms with Gasteiger partial charge in [-0.1, -0.05) is 29.3 Å². The van der Waals surface area contributed by atoms with Crippen LogP contribution in [0.2, 0.25) is 0 Å². The second-order valence-electron chi connectivity index (χ2n) is 3.28. The lowest BCUT2D eigenvalue weighted by Crippen LogP contribution is -2.11. The smallest absolute Gasteiger partial charge is 0.123 e. The molecule has 1 aromatic carbocycles. The molecule has 0 saturated carbocycles. The third-order valence-corrected chi connectivity index (χ3v) is 2.68. The maximum absolute atomic E-state index is 6.05. The molecule has 0 aliphatic heterocycles. The van der Waals surface area contributed by atoms with Crippen molar-refractivity contribution in [1.29, 1.82) is 0 Å². The lowest BCUT2D eigenvalue weighted by Gasteiger charge is -2.15. The number of methoxy groups -OCH3 is 1. The molecule has 78 valence electrons. The van der Waals surface area contributed by atoms with Crippen LogP contribution in [0.15, 0.2) is 22.7 Å². The Balaban J connectivity index is 2.97. The van der Waals surface area contributed by atoms with Gasteiger partial charge >= 0.3 is 0 Å². The largest absolute Gasteiger partial charge is 0.496 e. The Morgan fingerprint density at radius 2 is 2.21 bits per heavy atom. The van der Waals surface area contributed by atoms with Crippen molar-refractivity contribution in [3.05, 3.63) is 28.2 Å². The van der Waals surface area contributed by atoms with E-state index in [1.807, 2.05) is 18.2 Å². The minimum absolute atomic E-state index is 0.0625. The Labute approximate surface area is 93.6 Å². The van der Waals surface area contributed by atoms with Crippen molar-refractivity contribution in [2.75, 3.05) is 7.11 Å². The number of hydrogen-bond acceptors (Lipinski definition) is 2. The Bertz CT molecular complexity index is 301. The summed E-state index contributed by atoms with van der Waals surface area (Å²) in [6.45, 7) is 2.13. The van der Waals surface area contributed by atoms with Gasteiger partial charge in [0.1, 0.15) is 5.75 Å². The molecule has 1 rings (SSSR count). The van der Waals surface area contributed by atoms with Crippen LogP contribution in [0.5, 0.6) is 5.75 Å². The van der Waals surface area contributed by atoms with E-state index >= 15 is 0 Å². The van der Waals surface area contributed by atoms with Crippen LogP contribution in [0.25, 0.3) is 0 Å². The first-order valence-electron chi connectivity index (χ1n) is 4.78. The van der Waals surface area contributed by atoms with Crippen LogP contribution in [-0.4, -0.2) is 7.11 Å². The number of ether oxygens (including phenoxy) is 1. The van der Waals surface area contributed by atoms with Gasteiger partial charge in [-0.2, -0.15) is 0 Å². The van der Waals surface area contributed by atoms with Crippen LogP contribution in [-0.2, 0) is 0 Å². The molecule has 0 amide bonds. The summed E-state index contributed by atoms with van der Waals surface area (Å²) in [5.41, 5.74) is 7.12. The second kappa shape index (κ2) is 5.37. The van der Waals surface area contributed by atoms with Crippen molar-refractivity contribution in [3.8, 4) is 5.75 Å². The molecule has 1 atom stereocenters. The monoisotopic (exact) mass is 257 g/mol. The van der Waals surface area contributed by atoms with Gasteiger partial charge in [0, 0.05) is 16.1 Å². The van der Waals surface area contributed by atoms with E-state index in [-0.39, 0.29) is 6.04 Å². The van der Waals surface area contributed by atoms with Crippen molar-refractivity contribution in [1.82, 2.24) is 0 Å². The van der Waals surface area contributed by atoms with Crippen molar-refractivity contribution in [3.63, 3.8) is 0 Å². The van der Waals surface area contributed by atoms with Gasteiger partial charge in [-0.3, -0.25) is 0 Å². The summed E-state index contributed by atoms with van der Waals surface area (Å²) in [4.78, 5) is 0.